The van der Waals surface area contributed by atoms with Gasteiger partial charge in [-0.25, -0.2) is 4.79 Å². The second-order valence-electron chi connectivity index (χ2n) is 11.4. The predicted molar refractivity (Wildman–Crippen MR) is 163 cm³/mol. The number of carbonyl (C=O) groups is 2. The predicted octanol–water partition coefficient (Wildman–Crippen LogP) is 8.94. The average Bonchev–Trinajstić information content (AvgIpc) is 2.95. The van der Waals surface area contributed by atoms with E-state index in [1.807, 2.05) is 12.1 Å². The molecule has 0 spiro atoms. The molecule has 0 unspecified atom stereocenters. The molecule has 0 bridgehead atoms. The normalized spacial score (nSPS) is 16.9. The molecule has 0 heterocycles. The van der Waals surface area contributed by atoms with Crippen LogP contribution in [0, 0.1) is 5.92 Å². The molecule has 0 aliphatic heterocycles. The number of hydrogen-bond donors (Lipinski definition) is 1. The number of alkyl carbamates (subject to hydrolysis) is 1. The van der Waals surface area contributed by atoms with Crippen molar-refractivity contribution < 1.29 is 23.8 Å². The molecule has 0 aromatic heterocycles. The van der Waals surface area contributed by atoms with Crippen LogP contribution in [0.3, 0.4) is 0 Å². The lowest BCUT2D eigenvalue weighted by Crippen LogP contribution is -2.31. The Hall–Kier alpha value is -2.24. The van der Waals surface area contributed by atoms with Crippen molar-refractivity contribution in [2.24, 2.45) is 5.92 Å². The van der Waals surface area contributed by atoms with Crippen molar-refractivity contribution in [2.75, 3.05) is 19.8 Å². The molecule has 6 nitrogen and oxygen atoms in total. The summed E-state index contributed by atoms with van der Waals surface area (Å²) in [4.78, 5) is 23.9. The van der Waals surface area contributed by atoms with Crippen LogP contribution in [0.2, 0.25) is 0 Å². The van der Waals surface area contributed by atoms with E-state index in [1.165, 1.54) is 82.6 Å². The lowest BCUT2D eigenvalue weighted by molar-refractivity contribution is -0.153. The van der Waals surface area contributed by atoms with Crippen LogP contribution in [0.15, 0.2) is 24.3 Å². The molecule has 1 aliphatic rings. The van der Waals surface area contributed by atoms with Gasteiger partial charge in [-0.3, -0.25) is 4.79 Å². The van der Waals surface area contributed by atoms with Crippen LogP contribution in [0.1, 0.15) is 135 Å². The molecule has 1 N–H and O–H groups in total. The van der Waals surface area contributed by atoms with Crippen molar-refractivity contribution in [1.29, 1.82) is 0 Å². The molecular formula is C34H57NO5. The van der Waals surface area contributed by atoms with Crippen LogP contribution in [0.25, 0.3) is 0 Å². The number of nitrogens with one attached hydrogen (secondary N) is 1. The highest BCUT2D eigenvalue weighted by Crippen LogP contribution is 2.30. The molecule has 1 saturated carbocycles. The Balaban J connectivity index is 1.56. The second-order valence-corrected chi connectivity index (χ2v) is 11.4. The summed E-state index contributed by atoms with van der Waals surface area (Å²) in [5.41, 5.74) is 1.24. The third-order valence-corrected chi connectivity index (χ3v) is 7.94. The molecule has 0 radical (unpaired) electrons. The molecule has 2 rings (SSSR count). The van der Waals surface area contributed by atoms with E-state index in [9.17, 15) is 9.59 Å². The highest BCUT2D eigenvalue weighted by Gasteiger charge is 2.28. The summed E-state index contributed by atoms with van der Waals surface area (Å²) in [6.45, 7) is 5.19. The first-order chi connectivity index (χ1) is 19.6. The van der Waals surface area contributed by atoms with Crippen molar-refractivity contribution in [2.45, 2.75) is 142 Å². The van der Waals surface area contributed by atoms with Gasteiger partial charge in [0.15, 0.2) is 0 Å². The molecule has 2 atom stereocenters. The van der Waals surface area contributed by atoms with E-state index in [0.717, 1.165) is 44.3 Å². The van der Waals surface area contributed by atoms with Crippen LogP contribution in [-0.2, 0) is 20.7 Å². The molecular weight excluding hydrogens is 502 g/mol. The van der Waals surface area contributed by atoms with Gasteiger partial charge in [-0.05, 0) is 62.6 Å². The summed E-state index contributed by atoms with van der Waals surface area (Å²) in [7, 11) is 0. The second kappa shape index (κ2) is 22.4. The molecule has 228 valence electrons. The quantitative estimate of drug-likeness (QED) is 0.113. The number of hydrogen-bond acceptors (Lipinski definition) is 5. The fraction of sp³-hybridized carbons (Fsp3) is 0.765. The molecule has 6 heteroatoms. The minimum atomic E-state index is -0.423. The summed E-state index contributed by atoms with van der Waals surface area (Å²) >= 11 is 0. The Labute approximate surface area is 244 Å². The van der Waals surface area contributed by atoms with Gasteiger partial charge in [0.2, 0.25) is 0 Å². The van der Waals surface area contributed by atoms with E-state index in [0.29, 0.717) is 32.1 Å². The number of carbonyl (C=O) groups excluding carboxylic acids is 2. The SMILES string of the molecule is CCCCCCCCCCCCCCCC(=O)O[C@H]1CCCC[C@@H]1Cc1ccc(OCCNC(=O)OCC)cc1. The first-order valence-electron chi connectivity index (χ1n) is 16.4. The topological polar surface area (TPSA) is 73.9 Å². The highest BCUT2D eigenvalue weighted by molar-refractivity contribution is 5.69. The van der Waals surface area contributed by atoms with E-state index >= 15 is 0 Å². The number of benzene rings is 1. The molecule has 1 aliphatic carbocycles. The monoisotopic (exact) mass is 559 g/mol. The minimum Gasteiger partial charge on any atom is -0.492 e. The molecule has 1 aromatic rings. The standard InChI is InChI=1S/C34H57NO5/c1-3-5-6-7-8-9-10-11-12-13-14-15-16-21-33(36)40-32-20-18-17-19-30(32)28-29-22-24-31(25-23-29)39-27-26-35-34(37)38-4-2/h22-25,30,32H,3-21,26-28H2,1-2H3,(H,35,37)/t30-,32+/m1/s1. The number of unbranched alkanes of at least 4 members (excludes halogenated alkanes) is 12. The fourth-order valence-corrected chi connectivity index (χ4v) is 5.61. The van der Waals surface area contributed by atoms with Gasteiger partial charge in [0.05, 0.1) is 13.2 Å². The summed E-state index contributed by atoms with van der Waals surface area (Å²) in [5, 5.41) is 2.65. The van der Waals surface area contributed by atoms with Crippen LogP contribution in [-0.4, -0.2) is 37.9 Å². The van der Waals surface area contributed by atoms with Gasteiger partial charge in [0, 0.05) is 6.42 Å². The van der Waals surface area contributed by atoms with Crippen molar-refractivity contribution in [3.8, 4) is 5.75 Å². The number of rotatable bonds is 22. The first kappa shape index (κ1) is 34.0. The molecule has 0 saturated heterocycles. The summed E-state index contributed by atoms with van der Waals surface area (Å²) in [6.07, 6.45) is 22.5. The smallest absolute Gasteiger partial charge is 0.407 e. The van der Waals surface area contributed by atoms with Crippen molar-refractivity contribution in [3.63, 3.8) is 0 Å². The number of ether oxygens (including phenoxy) is 3. The van der Waals surface area contributed by atoms with Gasteiger partial charge in [-0.2, -0.15) is 0 Å². The van der Waals surface area contributed by atoms with Gasteiger partial charge in [0.1, 0.15) is 18.5 Å². The van der Waals surface area contributed by atoms with E-state index in [-0.39, 0.29) is 12.1 Å². The lowest BCUT2D eigenvalue weighted by Gasteiger charge is -2.31. The Kier molecular flexibility index (Phi) is 19.1. The third-order valence-electron chi connectivity index (χ3n) is 7.94. The first-order valence-corrected chi connectivity index (χ1v) is 16.4. The Morgan fingerprint density at radius 3 is 2.02 bits per heavy atom. The lowest BCUT2D eigenvalue weighted by atomic mass is 9.82. The van der Waals surface area contributed by atoms with Gasteiger partial charge in [-0.1, -0.05) is 103 Å². The molecule has 1 aromatic carbocycles. The van der Waals surface area contributed by atoms with E-state index < -0.39 is 6.09 Å². The maximum atomic E-state index is 12.6. The fourth-order valence-electron chi connectivity index (χ4n) is 5.61. The molecule has 1 fully saturated rings. The highest BCUT2D eigenvalue weighted by atomic mass is 16.5. The summed E-state index contributed by atoms with van der Waals surface area (Å²) in [6, 6.07) is 8.13. The van der Waals surface area contributed by atoms with E-state index in [2.05, 4.69) is 24.4 Å². The Morgan fingerprint density at radius 2 is 1.40 bits per heavy atom. The maximum Gasteiger partial charge on any atom is 0.407 e. The van der Waals surface area contributed by atoms with Crippen LogP contribution >= 0.6 is 0 Å². The van der Waals surface area contributed by atoms with Crippen molar-refractivity contribution >= 4 is 12.1 Å². The van der Waals surface area contributed by atoms with Gasteiger partial charge in [-0.15, -0.1) is 0 Å². The zero-order chi connectivity index (χ0) is 28.7. The molecule has 1 amide bonds. The number of amides is 1. The number of esters is 1. The average molecular weight is 560 g/mol. The van der Waals surface area contributed by atoms with Gasteiger partial charge >= 0.3 is 12.1 Å². The minimum absolute atomic E-state index is 0.0138. The molecule has 40 heavy (non-hydrogen) atoms. The maximum absolute atomic E-state index is 12.6. The third kappa shape index (κ3) is 16.1. The van der Waals surface area contributed by atoms with E-state index in [4.69, 9.17) is 14.2 Å². The van der Waals surface area contributed by atoms with Gasteiger partial charge < -0.3 is 19.5 Å². The largest absolute Gasteiger partial charge is 0.492 e. The van der Waals surface area contributed by atoms with Gasteiger partial charge in [0.25, 0.3) is 0 Å². The zero-order valence-electron chi connectivity index (χ0n) is 25.6. The summed E-state index contributed by atoms with van der Waals surface area (Å²) < 4.78 is 16.5. The van der Waals surface area contributed by atoms with Crippen molar-refractivity contribution in [1.82, 2.24) is 5.32 Å². The van der Waals surface area contributed by atoms with Crippen LogP contribution in [0.5, 0.6) is 5.75 Å². The summed E-state index contributed by atoms with van der Waals surface area (Å²) in [5.74, 6) is 1.14. The van der Waals surface area contributed by atoms with Crippen LogP contribution in [0.4, 0.5) is 4.79 Å². The Morgan fingerprint density at radius 1 is 0.800 bits per heavy atom. The van der Waals surface area contributed by atoms with Crippen molar-refractivity contribution in [3.05, 3.63) is 29.8 Å². The van der Waals surface area contributed by atoms with Crippen LogP contribution < -0.4 is 10.1 Å². The van der Waals surface area contributed by atoms with E-state index in [1.54, 1.807) is 6.92 Å². The Bertz CT molecular complexity index is 781. The zero-order valence-corrected chi connectivity index (χ0v) is 25.6.